The van der Waals surface area contributed by atoms with E-state index in [-0.39, 0.29) is 0 Å². The summed E-state index contributed by atoms with van der Waals surface area (Å²) in [5.41, 5.74) is 8.09. The van der Waals surface area contributed by atoms with Crippen molar-refractivity contribution >= 4 is 65.4 Å². The summed E-state index contributed by atoms with van der Waals surface area (Å²) in [6.07, 6.45) is 9.09. The fraction of sp³-hybridized carbons (Fsp3) is 0.0286. The van der Waals surface area contributed by atoms with Crippen molar-refractivity contribution < 1.29 is 13.9 Å². The lowest BCUT2D eigenvalue weighted by molar-refractivity contribution is -0.944. The number of imidazole rings is 1. The number of fused-ring (bicyclic) bond motifs is 8. The molecule has 40 heavy (non-hydrogen) atoms. The van der Waals surface area contributed by atoms with Crippen LogP contribution in [0.2, 0.25) is 0 Å². The van der Waals surface area contributed by atoms with Gasteiger partial charge >= 0.3 is 11.3 Å². The van der Waals surface area contributed by atoms with Crippen LogP contribution in [-0.4, -0.2) is 8.80 Å². The van der Waals surface area contributed by atoms with Crippen LogP contribution < -0.4 is 13.9 Å². The molecule has 0 bridgehead atoms. The zero-order chi connectivity index (χ0) is 25.5. The van der Waals surface area contributed by atoms with E-state index < -0.39 is 5.66 Å². The highest BCUT2D eigenvalue weighted by Crippen LogP contribution is 2.57. The number of para-hydroxylation sites is 1. The van der Waals surface area contributed by atoms with Crippen LogP contribution in [0.3, 0.4) is 0 Å². The van der Waals surface area contributed by atoms with Gasteiger partial charge in [0.2, 0.25) is 5.52 Å². The van der Waals surface area contributed by atoms with Gasteiger partial charge in [-0.25, -0.2) is 0 Å². The fourth-order valence-electron chi connectivity index (χ4n) is 8.60. The summed E-state index contributed by atoms with van der Waals surface area (Å²) in [7, 11) is 0. The molecule has 5 nitrogen and oxygen atoms in total. The number of aromatic nitrogens is 4. The van der Waals surface area contributed by atoms with Crippen molar-refractivity contribution in [2.24, 2.45) is 0 Å². The molecule has 0 aliphatic carbocycles. The summed E-state index contributed by atoms with van der Waals surface area (Å²) in [5.74, 6) is 1.87. The van der Waals surface area contributed by atoms with E-state index in [1.165, 1.54) is 76.5 Å². The first-order chi connectivity index (χ1) is 19.9. The van der Waals surface area contributed by atoms with E-state index in [1.807, 2.05) is 0 Å². The summed E-state index contributed by atoms with van der Waals surface area (Å²) in [6.45, 7) is 0. The maximum atomic E-state index is 6.81. The molecule has 3 aliphatic heterocycles. The largest absolute Gasteiger partial charge is 0.456 e. The molecule has 182 valence electrons. The van der Waals surface area contributed by atoms with Gasteiger partial charge in [0, 0.05) is 33.8 Å². The van der Waals surface area contributed by atoms with E-state index in [9.17, 15) is 0 Å². The first kappa shape index (κ1) is 18.8. The second-order valence-corrected chi connectivity index (χ2v) is 11.4. The van der Waals surface area contributed by atoms with Gasteiger partial charge < -0.3 is 9.14 Å². The summed E-state index contributed by atoms with van der Waals surface area (Å²) >= 11 is 0. The van der Waals surface area contributed by atoms with Crippen LogP contribution in [0.25, 0.3) is 65.4 Å². The normalized spacial score (nSPS) is 17.8. The molecule has 5 aromatic heterocycles. The lowest BCUT2D eigenvalue weighted by atomic mass is 9.86. The van der Waals surface area contributed by atoms with Gasteiger partial charge in [0.1, 0.15) is 40.5 Å². The maximum Gasteiger partial charge on any atom is 0.371 e. The Labute approximate surface area is 225 Å². The molecule has 3 aliphatic rings. The van der Waals surface area contributed by atoms with Crippen molar-refractivity contribution in [1.82, 2.24) is 8.80 Å². The quantitative estimate of drug-likeness (QED) is 0.168. The molecule has 1 unspecified atom stereocenters. The molecule has 8 heterocycles. The first-order valence-corrected chi connectivity index (χ1v) is 13.8. The van der Waals surface area contributed by atoms with Gasteiger partial charge in [0.25, 0.3) is 0 Å². The minimum Gasteiger partial charge on any atom is -0.456 e. The molecule has 0 fully saturated rings. The predicted octanol–water partition coefficient (Wildman–Crippen LogP) is 6.56. The molecular weight excluding hydrogens is 492 g/mol. The third-order valence-corrected chi connectivity index (χ3v) is 9.90. The number of rotatable bonds is 0. The number of hydrogen-bond donors (Lipinski definition) is 0. The highest BCUT2D eigenvalue weighted by Gasteiger charge is 2.67. The highest BCUT2D eigenvalue weighted by molar-refractivity contribution is 6.20. The topological polar surface area (TPSA) is 25.8 Å². The second-order valence-electron chi connectivity index (χ2n) is 11.4. The van der Waals surface area contributed by atoms with Crippen LogP contribution in [0.15, 0.2) is 110 Å². The molecule has 12 rings (SSSR count). The number of ether oxygens (including phenoxy) is 1. The van der Waals surface area contributed by atoms with E-state index >= 15 is 0 Å². The summed E-state index contributed by atoms with van der Waals surface area (Å²) in [5, 5.41) is 8.88. The van der Waals surface area contributed by atoms with Crippen molar-refractivity contribution in [2.75, 3.05) is 0 Å². The number of nitrogens with zero attached hydrogens (tertiary/aromatic N) is 4. The van der Waals surface area contributed by atoms with E-state index in [0.717, 1.165) is 11.5 Å². The van der Waals surface area contributed by atoms with Gasteiger partial charge in [-0.1, -0.05) is 42.5 Å². The fourth-order valence-corrected chi connectivity index (χ4v) is 8.60. The molecule has 0 N–H and O–H groups in total. The molecule has 9 aromatic rings. The molecule has 0 saturated heterocycles. The van der Waals surface area contributed by atoms with Crippen molar-refractivity contribution in [3.63, 3.8) is 0 Å². The molecule has 1 spiro atoms. The molecule has 0 amide bonds. The van der Waals surface area contributed by atoms with Crippen LogP contribution in [0, 0.1) is 0 Å². The molecule has 4 aromatic carbocycles. The first-order valence-electron chi connectivity index (χ1n) is 13.8. The van der Waals surface area contributed by atoms with Gasteiger partial charge in [-0.2, -0.15) is 8.97 Å². The molecule has 5 heteroatoms. The number of benzene rings is 4. The van der Waals surface area contributed by atoms with Crippen LogP contribution in [0.1, 0.15) is 11.1 Å². The van der Waals surface area contributed by atoms with E-state index in [0.29, 0.717) is 0 Å². The summed E-state index contributed by atoms with van der Waals surface area (Å²) in [4.78, 5) is 0. The lowest BCUT2D eigenvalue weighted by Gasteiger charge is -2.28. The summed E-state index contributed by atoms with van der Waals surface area (Å²) in [6, 6.07) is 30.9. The standard InChI is InChI=1S/C35H18N4O/c1-2-7-20-19(6-1)18-37-25-12-14-27-31-29(25)33-23(32(20)37)9-5-15-38(33)35(31)30-26(40-27)13-11-22-21-8-3-4-10-24(21)36-16-17-39(35)34(36)28(22)30/h1-18H/q+2. The Bertz CT molecular complexity index is 2750. The average molecular weight is 511 g/mol. The molecule has 1 atom stereocenters. The lowest BCUT2D eigenvalue weighted by Crippen LogP contribution is -2.71. The monoisotopic (exact) mass is 510 g/mol. The highest BCUT2D eigenvalue weighted by atomic mass is 16.5. The van der Waals surface area contributed by atoms with Gasteiger partial charge in [0.05, 0.1) is 27.2 Å². The molecule has 0 saturated carbocycles. The average Bonchev–Trinajstić information content (AvgIpc) is 3.75. The molecular formula is C35H18N4O+2. The Morgan fingerprint density at radius 2 is 1.40 bits per heavy atom. The Balaban J connectivity index is 1.41. The van der Waals surface area contributed by atoms with E-state index in [2.05, 4.69) is 128 Å². The van der Waals surface area contributed by atoms with Gasteiger partial charge in [0.15, 0.2) is 6.20 Å². The van der Waals surface area contributed by atoms with Crippen LogP contribution >= 0.6 is 0 Å². The number of pyridine rings is 3. The smallest absolute Gasteiger partial charge is 0.371 e. The SMILES string of the molecule is c1ccc2c(c1)cn1c3ccc4c5c3c3c(ccc[n+]3C53c5c(ccc6c7ccccc7n7cc[n+]3c7c56)O4)c21. The van der Waals surface area contributed by atoms with E-state index in [1.54, 1.807) is 0 Å². The minimum absolute atomic E-state index is 0.562. The second kappa shape index (κ2) is 5.63. The van der Waals surface area contributed by atoms with Crippen LogP contribution in [0.5, 0.6) is 11.5 Å². The third-order valence-electron chi connectivity index (χ3n) is 9.90. The zero-order valence-electron chi connectivity index (χ0n) is 21.1. The predicted molar refractivity (Wildman–Crippen MR) is 154 cm³/mol. The van der Waals surface area contributed by atoms with Crippen molar-refractivity contribution in [1.29, 1.82) is 0 Å². The Hall–Kier alpha value is -5.42. The van der Waals surface area contributed by atoms with Crippen LogP contribution in [0.4, 0.5) is 0 Å². The number of hydrogen-bond acceptors (Lipinski definition) is 1. The zero-order valence-corrected chi connectivity index (χ0v) is 21.1. The minimum atomic E-state index is -0.562. The Morgan fingerprint density at radius 1 is 0.600 bits per heavy atom. The summed E-state index contributed by atoms with van der Waals surface area (Å²) < 4.78 is 16.6. The third kappa shape index (κ3) is 1.62. The van der Waals surface area contributed by atoms with Crippen molar-refractivity contribution in [3.05, 3.63) is 121 Å². The Kier molecular flexibility index (Phi) is 2.64. The van der Waals surface area contributed by atoms with Gasteiger partial charge in [-0.15, -0.1) is 4.57 Å². The Morgan fingerprint density at radius 3 is 2.35 bits per heavy atom. The van der Waals surface area contributed by atoms with Gasteiger partial charge in [-0.05, 0) is 36.4 Å². The van der Waals surface area contributed by atoms with Crippen molar-refractivity contribution in [3.8, 4) is 11.5 Å². The van der Waals surface area contributed by atoms with Gasteiger partial charge in [-0.3, -0.25) is 0 Å². The molecule has 0 radical (unpaired) electrons. The maximum absolute atomic E-state index is 6.81. The van der Waals surface area contributed by atoms with Crippen molar-refractivity contribution in [2.45, 2.75) is 5.66 Å². The van der Waals surface area contributed by atoms with Crippen LogP contribution in [-0.2, 0) is 5.66 Å². The van der Waals surface area contributed by atoms with E-state index in [4.69, 9.17) is 4.74 Å².